The van der Waals surface area contributed by atoms with Crippen molar-refractivity contribution in [1.82, 2.24) is 4.98 Å². The van der Waals surface area contributed by atoms with Crippen LogP contribution in [0.4, 0.5) is 15.3 Å². The van der Waals surface area contributed by atoms with Crippen LogP contribution in [-0.4, -0.2) is 41.5 Å². The molecule has 0 radical (unpaired) electrons. The van der Waals surface area contributed by atoms with Gasteiger partial charge in [-0.05, 0) is 65.3 Å². The van der Waals surface area contributed by atoms with Crippen LogP contribution in [0.3, 0.4) is 0 Å². The molecule has 3 aromatic heterocycles. The number of nitrogens with zero attached hydrogens (tertiary/aromatic N) is 2. The smallest absolute Gasteiger partial charge is 0.424 e. The number of imide groups is 1. The molecule has 0 aliphatic heterocycles. The molecule has 0 N–H and O–H groups in total. The minimum absolute atomic E-state index is 0.0118. The van der Waals surface area contributed by atoms with Crippen LogP contribution in [0.1, 0.15) is 51.2 Å². The zero-order valence-electron chi connectivity index (χ0n) is 22.9. The lowest BCUT2D eigenvalue weighted by atomic mass is 10.1. The molecule has 0 saturated heterocycles. The van der Waals surface area contributed by atoms with Crippen molar-refractivity contribution < 1.29 is 33.0 Å². The number of methoxy groups -OCH3 is 1. The van der Waals surface area contributed by atoms with E-state index in [-0.39, 0.29) is 10.6 Å². The molecule has 2 amide bonds. The van der Waals surface area contributed by atoms with Gasteiger partial charge in [0.15, 0.2) is 5.58 Å². The van der Waals surface area contributed by atoms with Crippen LogP contribution in [0.25, 0.3) is 32.9 Å². The summed E-state index contributed by atoms with van der Waals surface area (Å²) in [4.78, 5) is 44.9. The first kappa shape index (κ1) is 27.8. The Hall–Kier alpha value is -4.18. The summed E-state index contributed by atoms with van der Waals surface area (Å²) in [5.74, 6) is -0.0387. The van der Waals surface area contributed by atoms with E-state index in [1.165, 1.54) is 7.11 Å². The fraction of sp³-hybridized carbons (Fsp3) is 0.310. The molecule has 4 aromatic rings. The molecular formula is C29H30N2O7S. The summed E-state index contributed by atoms with van der Waals surface area (Å²) in [7, 11) is 1.23. The highest BCUT2D eigenvalue weighted by Gasteiger charge is 2.36. The van der Waals surface area contributed by atoms with Crippen molar-refractivity contribution in [1.29, 1.82) is 0 Å². The Morgan fingerprint density at radius 1 is 0.872 bits per heavy atom. The highest BCUT2D eigenvalue weighted by molar-refractivity contribution is 7.18. The Morgan fingerprint density at radius 3 is 2.00 bits per heavy atom. The van der Waals surface area contributed by atoms with Crippen LogP contribution in [0, 0.1) is 0 Å². The number of anilines is 1. The van der Waals surface area contributed by atoms with E-state index in [9.17, 15) is 14.4 Å². The molecular weight excluding hydrogens is 520 g/mol. The van der Waals surface area contributed by atoms with Gasteiger partial charge in [0.25, 0.3) is 0 Å². The third kappa shape index (κ3) is 6.46. The second kappa shape index (κ2) is 10.5. The van der Waals surface area contributed by atoms with E-state index < -0.39 is 29.4 Å². The van der Waals surface area contributed by atoms with Crippen LogP contribution in [0.2, 0.25) is 0 Å². The fourth-order valence-corrected chi connectivity index (χ4v) is 4.69. The van der Waals surface area contributed by atoms with Gasteiger partial charge in [-0.15, -0.1) is 11.3 Å². The first-order valence-electron chi connectivity index (χ1n) is 12.2. The first-order valence-corrected chi connectivity index (χ1v) is 13.0. The normalized spacial score (nSPS) is 11.8. The molecule has 0 bridgehead atoms. The van der Waals surface area contributed by atoms with E-state index in [1.54, 1.807) is 53.8 Å². The Bertz CT molecular complexity index is 1460. The average molecular weight is 551 g/mol. The molecule has 0 aliphatic rings. The molecule has 0 unspecified atom stereocenters. The number of carbonyl (C=O) groups excluding carboxylic acids is 3. The van der Waals surface area contributed by atoms with Crippen molar-refractivity contribution >= 4 is 46.3 Å². The van der Waals surface area contributed by atoms with Gasteiger partial charge in [0.1, 0.15) is 27.4 Å². The number of benzene rings is 1. The van der Waals surface area contributed by atoms with Crippen molar-refractivity contribution in [3.63, 3.8) is 0 Å². The van der Waals surface area contributed by atoms with E-state index in [0.717, 1.165) is 32.9 Å². The van der Waals surface area contributed by atoms with Gasteiger partial charge in [-0.25, -0.2) is 14.4 Å². The van der Waals surface area contributed by atoms with E-state index in [1.807, 2.05) is 42.5 Å². The molecule has 0 fully saturated rings. The maximum atomic E-state index is 13.2. The van der Waals surface area contributed by atoms with Gasteiger partial charge in [-0.1, -0.05) is 24.3 Å². The number of esters is 1. The summed E-state index contributed by atoms with van der Waals surface area (Å²) in [5, 5.41) is 0. The van der Waals surface area contributed by atoms with Crippen LogP contribution in [0.15, 0.2) is 59.1 Å². The van der Waals surface area contributed by atoms with Gasteiger partial charge in [0.05, 0.1) is 12.8 Å². The molecule has 0 saturated carbocycles. The molecule has 0 aliphatic carbocycles. The zero-order chi connectivity index (χ0) is 28.5. The lowest BCUT2D eigenvalue weighted by Crippen LogP contribution is -2.44. The Kier molecular flexibility index (Phi) is 7.52. The highest BCUT2D eigenvalue weighted by atomic mass is 32.1. The van der Waals surface area contributed by atoms with Crippen LogP contribution >= 0.6 is 11.3 Å². The molecule has 204 valence electrons. The van der Waals surface area contributed by atoms with Gasteiger partial charge in [-0.2, -0.15) is 4.90 Å². The largest absolute Gasteiger partial charge is 0.465 e. The van der Waals surface area contributed by atoms with Gasteiger partial charge >= 0.3 is 18.2 Å². The number of aromatic nitrogens is 1. The minimum Gasteiger partial charge on any atom is -0.465 e. The van der Waals surface area contributed by atoms with Crippen molar-refractivity contribution in [2.45, 2.75) is 52.7 Å². The Balaban J connectivity index is 1.75. The van der Waals surface area contributed by atoms with E-state index in [2.05, 4.69) is 4.98 Å². The number of carbonyl (C=O) groups is 3. The summed E-state index contributed by atoms with van der Waals surface area (Å²) in [6.45, 7) is 10.1. The van der Waals surface area contributed by atoms with Gasteiger partial charge in [0.2, 0.25) is 0 Å². The predicted octanol–water partition coefficient (Wildman–Crippen LogP) is 7.69. The lowest BCUT2D eigenvalue weighted by molar-refractivity contribution is 0.0430. The summed E-state index contributed by atoms with van der Waals surface area (Å²) in [6.07, 6.45) is -0.240. The third-order valence-electron chi connectivity index (χ3n) is 5.22. The van der Waals surface area contributed by atoms with E-state index in [4.69, 9.17) is 18.6 Å². The molecule has 9 nitrogen and oxygen atoms in total. The summed E-state index contributed by atoms with van der Waals surface area (Å²) < 4.78 is 21.8. The van der Waals surface area contributed by atoms with Crippen LogP contribution < -0.4 is 4.90 Å². The monoisotopic (exact) mass is 550 g/mol. The molecule has 3 heterocycles. The standard InChI is InChI=1S/C29H30N2O7S/c1-28(2,3)37-26(33)31(27(34)38-29(4,5)6)20-16-23(39-24(20)25(32)35-7)18-12-10-17(11-13-18)22-15-19-21(36-22)9-8-14-30-19/h8-16H,1-7H3. The SMILES string of the molecule is COC(=O)c1sc(-c2ccc(-c3cc4ncccc4o3)cc2)cc1N(C(=O)OC(C)(C)C)C(=O)OC(C)(C)C. The first-order chi connectivity index (χ1) is 18.3. The van der Waals surface area contributed by atoms with Gasteiger partial charge in [0, 0.05) is 22.7 Å². The Labute approximate surface area is 230 Å². The predicted molar refractivity (Wildman–Crippen MR) is 149 cm³/mol. The number of ether oxygens (including phenoxy) is 3. The number of fused-ring (bicyclic) bond motifs is 1. The number of amides is 2. The maximum Gasteiger partial charge on any atom is 0.424 e. The third-order valence-corrected chi connectivity index (χ3v) is 6.37. The van der Waals surface area contributed by atoms with E-state index >= 15 is 0 Å². The van der Waals surface area contributed by atoms with Gasteiger partial charge < -0.3 is 18.6 Å². The molecule has 4 rings (SSSR count). The topological polar surface area (TPSA) is 108 Å². The van der Waals surface area contributed by atoms with Crippen molar-refractivity contribution in [3.8, 4) is 21.8 Å². The van der Waals surface area contributed by atoms with Crippen molar-refractivity contribution in [3.05, 3.63) is 59.6 Å². The summed E-state index contributed by atoms with van der Waals surface area (Å²) in [6, 6.07) is 14.6. The second-order valence-electron chi connectivity index (χ2n) is 10.7. The summed E-state index contributed by atoms with van der Waals surface area (Å²) >= 11 is 1.08. The lowest BCUT2D eigenvalue weighted by Gasteiger charge is -2.28. The quantitative estimate of drug-likeness (QED) is 0.188. The van der Waals surface area contributed by atoms with E-state index in [0.29, 0.717) is 16.2 Å². The number of rotatable bonds is 4. The number of furan rings is 1. The number of thiophene rings is 1. The zero-order valence-corrected chi connectivity index (χ0v) is 23.7. The maximum absolute atomic E-state index is 13.2. The molecule has 39 heavy (non-hydrogen) atoms. The van der Waals surface area contributed by atoms with Crippen molar-refractivity contribution in [2.24, 2.45) is 0 Å². The molecule has 0 atom stereocenters. The average Bonchev–Trinajstić information content (AvgIpc) is 3.46. The summed E-state index contributed by atoms with van der Waals surface area (Å²) in [5.41, 5.74) is 1.25. The number of pyridine rings is 1. The number of hydrogen-bond acceptors (Lipinski definition) is 9. The molecule has 10 heteroatoms. The van der Waals surface area contributed by atoms with Crippen LogP contribution in [-0.2, 0) is 14.2 Å². The Morgan fingerprint density at radius 2 is 1.46 bits per heavy atom. The fourth-order valence-electron chi connectivity index (χ4n) is 3.63. The number of hydrogen-bond donors (Lipinski definition) is 0. The highest BCUT2D eigenvalue weighted by Crippen LogP contribution is 2.39. The minimum atomic E-state index is -0.972. The second-order valence-corrected chi connectivity index (χ2v) is 11.7. The molecule has 0 spiro atoms. The molecule has 1 aromatic carbocycles. The van der Waals surface area contributed by atoms with Crippen molar-refractivity contribution in [2.75, 3.05) is 12.0 Å². The van der Waals surface area contributed by atoms with Crippen LogP contribution in [0.5, 0.6) is 0 Å². The van der Waals surface area contributed by atoms with Gasteiger partial charge in [-0.3, -0.25) is 4.98 Å².